The zero-order valence-corrected chi connectivity index (χ0v) is 11.6. The number of thioether (sulfide) groups is 1. The fraction of sp³-hybridized carbons (Fsp3) is 0.188. The number of carbonyl (C=O) groups excluding carboxylic acids is 1. The smallest absolute Gasteiger partial charge is 0.238 e. The Morgan fingerprint density at radius 1 is 1.05 bits per heavy atom. The van der Waals surface area contributed by atoms with Crippen LogP contribution in [0.3, 0.4) is 0 Å². The van der Waals surface area contributed by atoms with E-state index in [1.165, 1.54) is 5.56 Å². The lowest BCUT2D eigenvalue weighted by atomic mass is 10.1. The summed E-state index contributed by atoms with van der Waals surface area (Å²) in [5.41, 5.74) is 3.34. The lowest BCUT2D eigenvalue weighted by Gasteiger charge is -2.25. The van der Waals surface area contributed by atoms with Crippen LogP contribution in [0.25, 0.3) is 0 Å². The molecule has 1 saturated heterocycles. The van der Waals surface area contributed by atoms with Crippen LogP contribution < -0.4 is 4.90 Å². The highest BCUT2D eigenvalue weighted by atomic mass is 32.2. The normalized spacial score (nSPS) is 18.9. The Morgan fingerprint density at radius 3 is 2.47 bits per heavy atom. The molecule has 0 N–H and O–H groups in total. The summed E-state index contributed by atoms with van der Waals surface area (Å²) in [7, 11) is 0. The predicted octanol–water partition coefficient (Wildman–Crippen LogP) is 3.77. The average Bonchev–Trinajstić information content (AvgIpc) is 2.82. The van der Waals surface area contributed by atoms with E-state index < -0.39 is 0 Å². The van der Waals surface area contributed by atoms with Gasteiger partial charge in [-0.2, -0.15) is 0 Å². The van der Waals surface area contributed by atoms with Crippen LogP contribution >= 0.6 is 11.8 Å². The maximum absolute atomic E-state index is 12.2. The van der Waals surface area contributed by atoms with E-state index in [2.05, 4.69) is 12.1 Å². The van der Waals surface area contributed by atoms with E-state index in [0.717, 1.165) is 11.3 Å². The topological polar surface area (TPSA) is 20.3 Å². The van der Waals surface area contributed by atoms with Crippen molar-refractivity contribution in [2.45, 2.75) is 12.3 Å². The molecule has 1 atom stereocenters. The van der Waals surface area contributed by atoms with Gasteiger partial charge in [0.05, 0.1) is 5.75 Å². The molecular weight excluding hydrogens is 254 g/mol. The molecule has 0 radical (unpaired) electrons. The Bertz CT molecular complexity index is 597. The van der Waals surface area contributed by atoms with Gasteiger partial charge in [-0.1, -0.05) is 48.5 Å². The summed E-state index contributed by atoms with van der Waals surface area (Å²) in [6.07, 6.45) is 0. The SMILES string of the molecule is Cc1ccccc1N1C(=O)CSC1c1ccccc1. The van der Waals surface area contributed by atoms with Gasteiger partial charge >= 0.3 is 0 Å². The molecule has 0 saturated carbocycles. The van der Waals surface area contributed by atoms with Gasteiger partial charge in [0.1, 0.15) is 5.37 Å². The van der Waals surface area contributed by atoms with Gasteiger partial charge < -0.3 is 0 Å². The van der Waals surface area contributed by atoms with Crippen LogP contribution in [0.5, 0.6) is 0 Å². The first kappa shape index (κ1) is 12.3. The summed E-state index contributed by atoms with van der Waals surface area (Å²) in [4.78, 5) is 14.1. The van der Waals surface area contributed by atoms with Crippen molar-refractivity contribution < 1.29 is 4.79 Å². The van der Waals surface area contributed by atoms with Crippen molar-refractivity contribution in [3.8, 4) is 0 Å². The Balaban J connectivity index is 2.03. The third-order valence-corrected chi connectivity index (χ3v) is 4.54. The average molecular weight is 269 g/mol. The van der Waals surface area contributed by atoms with E-state index in [0.29, 0.717) is 5.75 Å². The van der Waals surface area contributed by atoms with E-state index in [9.17, 15) is 4.79 Å². The number of hydrogen-bond acceptors (Lipinski definition) is 2. The molecule has 2 aromatic carbocycles. The summed E-state index contributed by atoms with van der Waals surface area (Å²) < 4.78 is 0. The molecule has 2 aromatic rings. The predicted molar refractivity (Wildman–Crippen MR) is 80.3 cm³/mol. The van der Waals surface area contributed by atoms with E-state index in [-0.39, 0.29) is 11.3 Å². The number of amides is 1. The second kappa shape index (κ2) is 5.10. The Kier molecular flexibility index (Phi) is 3.30. The van der Waals surface area contributed by atoms with E-state index in [4.69, 9.17) is 0 Å². The molecule has 19 heavy (non-hydrogen) atoms. The van der Waals surface area contributed by atoms with E-state index in [1.54, 1.807) is 11.8 Å². The number of aryl methyl sites for hydroxylation is 1. The second-order valence-electron chi connectivity index (χ2n) is 4.62. The fourth-order valence-corrected chi connectivity index (χ4v) is 3.55. The largest absolute Gasteiger partial charge is 0.295 e. The molecule has 0 aromatic heterocycles. The minimum Gasteiger partial charge on any atom is -0.295 e. The molecule has 1 fully saturated rings. The van der Waals surface area contributed by atoms with Gasteiger partial charge in [0.15, 0.2) is 0 Å². The zero-order chi connectivity index (χ0) is 13.2. The van der Waals surface area contributed by atoms with E-state index >= 15 is 0 Å². The second-order valence-corrected chi connectivity index (χ2v) is 5.69. The molecule has 1 heterocycles. The van der Waals surface area contributed by atoms with Crippen LogP contribution in [0.15, 0.2) is 54.6 Å². The lowest BCUT2D eigenvalue weighted by molar-refractivity contribution is -0.115. The fourth-order valence-electron chi connectivity index (χ4n) is 2.38. The summed E-state index contributed by atoms with van der Waals surface area (Å²) in [6, 6.07) is 18.3. The number of carbonyl (C=O) groups is 1. The number of benzene rings is 2. The Hall–Kier alpha value is -1.74. The molecule has 1 aliphatic rings. The minimum absolute atomic E-state index is 0.0924. The minimum atomic E-state index is 0.0924. The first-order chi connectivity index (χ1) is 9.27. The standard InChI is InChI=1S/C16H15NOS/c1-12-7-5-6-10-14(12)17-15(18)11-19-16(17)13-8-3-2-4-9-13/h2-10,16H,11H2,1H3. The lowest BCUT2D eigenvalue weighted by Crippen LogP contribution is -2.28. The molecule has 1 aliphatic heterocycles. The van der Waals surface area contributed by atoms with Crippen LogP contribution in [0.1, 0.15) is 16.5 Å². The van der Waals surface area contributed by atoms with Gasteiger partial charge in [-0.3, -0.25) is 9.69 Å². The Labute approximate surface area is 117 Å². The summed E-state index contributed by atoms with van der Waals surface area (Å²) in [6.45, 7) is 2.05. The number of para-hydroxylation sites is 1. The molecule has 0 aliphatic carbocycles. The van der Waals surface area contributed by atoms with Gasteiger partial charge in [0.25, 0.3) is 0 Å². The van der Waals surface area contributed by atoms with Gasteiger partial charge in [0, 0.05) is 5.69 Å². The third-order valence-electron chi connectivity index (χ3n) is 3.33. The zero-order valence-electron chi connectivity index (χ0n) is 10.7. The van der Waals surface area contributed by atoms with Gasteiger partial charge in [0.2, 0.25) is 5.91 Å². The maximum Gasteiger partial charge on any atom is 0.238 e. The quantitative estimate of drug-likeness (QED) is 0.827. The van der Waals surface area contributed by atoms with Crippen molar-refractivity contribution in [2.75, 3.05) is 10.7 Å². The number of rotatable bonds is 2. The van der Waals surface area contributed by atoms with Crippen molar-refractivity contribution in [3.05, 3.63) is 65.7 Å². The van der Waals surface area contributed by atoms with Gasteiger partial charge in [-0.05, 0) is 24.1 Å². The van der Waals surface area contributed by atoms with Crippen molar-refractivity contribution in [3.63, 3.8) is 0 Å². The van der Waals surface area contributed by atoms with Crippen LogP contribution in [0, 0.1) is 6.92 Å². The number of anilines is 1. The van der Waals surface area contributed by atoms with Crippen LogP contribution in [-0.2, 0) is 4.79 Å². The summed E-state index contributed by atoms with van der Waals surface area (Å²) in [5.74, 6) is 0.738. The molecule has 2 nitrogen and oxygen atoms in total. The summed E-state index contributed by atoms with van der Waals surface area (Å²) >= 11 is 1.69. The molecule has 96 valence electrons. The Morgan fingerprint density at radius 2 is 1.74 bits per heavy atom. The molecule has 3 heteroatoms. The highest BCUT2D eigenvalue weighted by Gasteiger charge is 2.34. The summed E-state index contributed by atoms with van der Waals surface area (Å²) in [5, 5.41) is 0.0924. The number of hydrogen-bond donors (Lipinski definition) is 0. The molecule has 0 bridgehead atoms. The first-order valence-electron chi connectivity index (χ1n) is 6.31. The van der Waals surface area contributed by atoms with Crippen LogP contribution in [0.2, 0.25) is 0 Å². The first-order valence-corrected chi connectivity index (χ1v) is 7.36. The van der Waals surface area contributed by atoms with Crippen molar-refractivity contribution in [2.24, 2.45) is 0 Å². The maximum atomic E-state index is 12.2. The molecule has 1 amide bonds. The monoisotopic (exact) mass is 269 g/mol. The van der Waals surface area contributed by atoms with Crippen molar-refractivity contribution in [1.82, 2.24) is 0 Å². The molecular formula is C16H15NOS. The van der Waals surface area contributed by atoms with E-state index in [1.807, 2.05) is 54.3 Å². The molecule has 3 rings (SSSR count). The van der Waals surface area contributed by atoms with Crippen LogP contribution in [-0.4, -0.2) is 11.7 Å². The molecule has 0 spiro atoms. The third kappa shape index (κ3) is 2.26. The van der Waals surface area contributed by atoms with Crippen LogP contribution in [0.4, 0.5) is 5.69 Å². The highest BCUT2D eigenvalue weighted by Crippen LogP contribution is 2.42. The van der Waals surface area contributed by atoms with Crippen molar-refractivity contribution in [1.29, 1.82) is 0 Å². The molecule has 1 unspecified atom stereocenters. The van der Waals surface area contributed by atoms with Gasteiger partial charge in [-0.25, -0.2) is 0 Å². The van der Waals surface area contributed by atoms with Crippen molar-refractivity contribution >= 4 is 23.4 Å². The number of nitrogens with zero attached hydrogens (tertiary/aromatic N) is 1. The van der Waals surface area contributed by atoms with Gasteiger partial charge in [-0.15, -0.1) is 11.8 Å². The highest BCUT2D eigenvalue weighted by molar-refractivity contribution is 8.00.